The highest BCUT2D eigenvalue weighted by Gasteiger charge is 2.24. The van der Waals surface area contributed by atoms with E-state index in [9.17, 15) is 9.59 Å². The van der Waals surface area contributed by atoms with Gasteiger partial charge in [-0.1, -0.05) is 29.5 Å². The van der Waals surface area contributed by atoms with Gasteiger partial charge in [-0.3, -0.25) is 14.2 Å². The number of benzene rings is 1. The third-order valence-electron chi connectivity index (χ3n) is 4.70. The lowest BCUT2D eigenvalue weighted by atomic mass is 10.2. The number of carbonyl (C=O) groups is 1. The number of amides is 1. The van der Waals surface area contributed by atoms with Gasteiger partial charge in [0.15, 0.2) is 5.16 Å². The van der Waals surface area contributed by atoms with Crippen LogP contribution in [-0.2, 0) is 17.6 Å². The van der Waals surface area contributed by atoms with Gasteiger partial charge in [0, 0.05) is 4.88 Å². The zero-order valence-electron chi connectivity index (χ0n) is 15.3. The van der Waals surface area contributed by atoms with Gasteiger partial charge in [0.2, 0.25) is 5.91 Å². The highest BCUT2D eigenvalue weighted by atomic mass is 32.2. The van der Waals surface area contributed by atoms with E-state index in [1.165, 1.54) is 16.6 Å². The number of thiophene rings is 1. The molecule has 1 aromatic carbocycles. The number of hydrogen-bond donors (Lipinski definition) is 1. The molecule has 0 spiro atoms. The molecule has 4 rings (SSSR count). The molecule has 0 atom stereocenters. The number of carbonyl (C=O) groups excluding carboxylic acids is 1. The second kappa shape index (κ2) is 7.78. The first kappa shape index (κ1) is 18.7. The minimum Gasteiger partial charge on any atom is -0.342 e. The molecule has 142 valence electrons. The van der Waals surface area contributed by atoms with Crippen molar-refractivity contribution in [2.45, 2.75) is 31.3 Å². The fourth-order valence-electron chi connectivity index (χ4n) is 3.36. The van der Waals surface area contributed by atoms with E-state index < -0.39 is 0 Å². The molecule has 0 aliphatic heterocycles. The molecule has 0 radical (unpaired) electrons. The molecule has 1 aliphatic carbocycles. The number of aromatic nitrogens is 2. The van der Waals surface area contributed by atoms with Crippen molar-refractivity contribution in [1.29, 1.82) is 5.26 Å². The van der Waals surface area contributed by atoms with Crippen LogP contribution in [0, 0.1) is 18.3 Å². The predicted octanol–water partition coefficient (Wildman–Crippen LogP) is 2.98. The number of rotatable bonds is 5. The van der Waals surface area contributed by atoms with E-state index >= 15 is 0 Å². The summed E-state index contributed by atoms with van der Waals surface area (Å²) in [4.78, 5) is 32.1. The van der Waals surface area contributed by atoms with Gasteiger partial charge in [0.1, 0.15) is 11.4 Å². The fourth-order valence-corrected chi connectivity index (χ4v) is 5.51. The van der Waals surface area contributed by atoms with Crippen molar-refractivity contribution < 1.29 is 4.79 Å². The van der Waals surface area contributed by atoms with Crippen molar-refractivity contribution in [3.05, 3.63) is 50.6 Å². The maximum atomic E-state index is 13.4. The van der Waals surface area contributed by atoms with E-state index in [2.05, 4.69) is 5.32 Å². The lowest BCUT2D eigenvalue weighted by molar-refractivity contribution is -0.118. The Morgan fingerprint density at radius 1 is 1.36 bits per heavy atom. The summed E-state index contributed by atoms with van der Waals surface area (Å²) >= 11 is 2.80. The van der Waals surface area contributed by atoms with Crippen molar-refractivity contribution in [1.82, 2.24) is 14.9 Å². The second-order valence-corrected chi connectivity index (χ2v) is 8.66. The quantitative estimate of drug-likeness (QED) is 0.397. The lowest BCUT2D eigenvalue weighted by Crippen LogP contribution is -2.26. The van der Waals surface area contributed by atoms with Crippen LogP contribution in [0.25, 0.3) is 15.9 Å². The average molecular weight is 411 g/mol. The Balaban J connectivity index is 1.81. The van der Waals surface area contributed by atoms with Crippen LogP contribution < -0.4 is 10.9 Å². The van der Waals surface area contributed by atoms with Gasteiger partial charge >= 0.3 is 0 Å². The Kier molecular flexibility index (Phi) is 5.20. The number of nitrogens with zero attached hydrogens (tertiary/aromatic N) is 3. The van der Waals surface area contributed by atoms with Crippen LogP contribution in [-0.4, -0.2) is 27.8 Å². The minimum absolute atomic E-state index is 0.0335. The zero-order chi connectivity index (χ0) is 19.7. The topological polar surface area (TPSA) is 87.8 Å². The molecular formula is C20H18N4O2S2. The molecule has 3 aromatic rings. The Labute approximate surface area is 170 Å². The number of nitrogens with one attached hydrogen (secondary N) is 1. The third-order valence-corrected chi connectivity index (χ3v) is 6.82. The smallest absolute Gasteiger partial charge is 0.267 e. The van der Waals surface area contributed by atoms with Crippen LogP contribution in [0.4, 0.5) is 0 Å². The Morgan fingerprint density at radius 2 is 2.14 bits per heavy atom. The van der Waals surface area contributed by atoms with E-state index in [0.29, 0.717) is 5.16 Å². The molecule has 0 bridgehead atoms. The molecule has 0 saturated heterocycles. The molecule has 1 amide bonds. The van der Waals surface area contributed by atoms with Crippen LogP contribution in [0.1, 0.15) is 22.4 Å². The van der Waals surface area contributed by atoms with Gasteiger partial charge < -0.3 is 5.32 Å². The maximum Gasteiger partial charge on any atom is 0.267 e. The molecule has 8 heteroatoms. The number of hydrogen-bond acceptors (Lipinski definition) is 6. The van der Waals surface area contributed by atoms with Crippen molar-refractivity contribution in [2.24, 2.45) is 0 Å². The minimum atomic E-state index is -0.259. The molecule has 0 fully saturated rings. The third kappa shape index (κ3) is 3.43. The average Bonchev–Trinajstić information content (AvgIpc) is 3.26. The normalized spacial score (nSPS) is 12.7. The Morgan fingerprint density at radius 3 is 2.89 bits per heavy atom. The fraction of sp³-hybridized carbons (Fsp3) is 0.300. The second-order valence-electron chi connectivity index (χ2n) is 6.63. The van der Waals surface area contributed by atoms with Crippen LogP contribution in [0.5, 0.6) is 0 Å². The number of aryl methyl sites for hydroxylation is 3. The molecule has 28 heavy (non-hydrogen) atoms. The van der Waals surface area contributed by atoms with Gasteiger partial charge in [-0.05, 0) is 43.9 Å². The molecule has 2 heterocycles. The maximum absolute atomic E-state index is 13.4. The summed E-state index contributed by atoms with van der Waals surface area (Å²) in [5, 5.41) is 12.3. The first-order valence-electron chi connectivity index (χ1n) is 8.99. The predicted molar refractivity (Wildman–Crippen MR) is 111 cm³/mol. The number of nitriles is 1. The van der Waals surface area contributed by atoms with E-state index in [1.54, 1.807) is 15.9 Å². The van der Waals surface area contributed by atoms with Crippen LogP contribution >= 0.6 is 23.1 Å². The zero-order valence-corrected chi connectivity index (χ0v) is 17.0. The largest absolute Gasteiger partial charge is 0.342 e. The number of fused-ring (bicyclic) bond motifs is 3. The summed E-state index contributed by atoms with van der Waals surface area (Å²) in [6.45, 7) is 1.96. The molecular weight excluding hydrogens is 392 g/mol. The van der Waals surface area contributed by atoms with Gasteiger partial charge in [0.05, 0.1) is 22.9 Å². The van der Waals surface area contributed by atoms with Gasteiger partial charge in [-0.15, -0.1) is 11.3 Å². The van der Waals surface area contributed by atoms with E-state index in [-0.39, 0.29) is 23.8 Å². The summed E-state index contributed by atoms with van der Waals surface area (Å²) < 4.78 is 1.61. The lowest BCUT2D eigenvalue weighted by Gasteiger charge is -2.12. The molecule has 1 aliphatic rings. The molecule has 2 aromatic heterocycles. The van der Waals surface area contributed by atoms with Gasteiger partial charge in [0.25, 0.3) is 5.56 Å². The highest BCUT2D eigenvalue weighted by Crippen LogP contribution is 2.36. The summed E-state index contributed by atoms with van der Waals surface area (Å²) in [6, 6.07) is 9.60. The molecule has 0 saturated carbocycles. The molecule has 6 nitrogen and oxygen atoms in total. The Bertz CT molecular complexity index is 1160. The van der Waals surface area contributed by atoms with Gasteiger partial charge in [-0.25, -0.2) is 4.98 Å². The van der Waals surface area contributed by atoms with Gasteiger partial charge in [-0.2, -0.15) is 5.26 Å². The highest BCUT2D eigenvalue weighted by molar-refractivity contribution is 7.99. The van der Waals surface area contributed by atoms with E-state index in [4.69, 9.17) is 10.2 Å². The van der Waals surface area contributed by atoms with Crippen molar-refractivity contribution in [2.75, 3.05) is 12.3 Å². The van der Waals surface area contributed by atoms with Crippen LogP contribution in [0.15, 0.2) is 34.2 Å². The summed E-state index contributed by atoms with van der Waals surface area (Å²) in [5.41, 5.74) is 2.91. The molecule has 0 unspecified atom stereocenters. The summed E-state index contributed by atoms with van der Waals surface area (Å²) in [7, 11) is 0. The van der Waals surface area contributed by atoms with Crippen molar-refractivity contribution in [3.8, 4) is 11.8 Å². The van der Waals surface area contributed by atoms with Crippen LogP contribution in [0.2, 0.25) is 0 Å². The monoisotopic (exact) mass is 410 g/mol. The van der Waals surface area contributed by atoms with Crippen molar-refractivity contribution >= 4 is 39.2 Å². The van der Waals surface area contributed by atoms with Crippen LogP contribution in [0.3, 0.4) is 0 Å². The first-order valence-corrected chi connectivity index (χ1v) is 10.8. The van der Waals surface area contributed by atoms with E-state index in [0.717, 1.165) is 46.3 Å². The summed E-state index contributed by atoms with van der Waals surface area (Å²) in [5.74, 6) is -0.165. The molecule has 1 N–H and O–H groups in total. The summed E-state index contributed by atoms with van der Waals surface area (Å²) in [6.07, 6.45) is 3.00. The van der Waals surface area contributed by atoms with E-state index in [1.807, 2.05) is 37.3 Å². The number of thioether (sulfide) groups is 1. The first-order chi connectivity index (χ1) is 13.6. The Hall–Kier alpha value is -2.63. The standard InChI is InChI=1S/C20H18N4O2S2/c1-12-5-7-13(8-6-12)24-19(26)17-14-3-2-4-15(14)28-18(17)23-20(24)27-11-16(25)22-10-9-21/h5-8H,2-4,10-11H2,1H3,(H,22,25). The SMILES string of the molecule is Cc1ccc(-n2c(SCC(=O)NCC#N)nc3sc4c(c3c2=O)CCC4)cc1. The van der Waals surface area contributed by atoms with Crippen molar-refractivity contribution in [3.63, 3.8) is 0 Å².